The molecule has 0 aliphatic heterocycles. The number of rotatable bonds is 4. The molecule has 0 aromatic heterocycles. The molecular formula is C15H12O3. The molecule has 0 fully saturated rings. The van der Waals surface area contributed by atoms with E-state index >= 15 is 0 Å². The molecule has 90 valence electrons. The van der Waals surface area contributed by atoms with Gasteiger partial charge >= 0.3 is 0 Å². The molecule has 0 saturated carbocycles. The highest BCUT2D eigenvalue weighted by Gasteiger charge is 2.13. The third-order valence-electron chi connectivity index (χ3n) is 2.67. The molecule has 0 N–H and O–H groups in total. The van der Waals surface area contributed by atoms with Crippen LogP contribution in [0.5, 0.6) is 5.75 Å². The van der Waals surface area contributed by atoms with Crippen LogP contribution in [0.15, 0.2) is 48.5 Å². The molecule has 0 heterocycles. The first-order valence-corrected chi connectivity index (χ1v) is 5.49. The second-order valence-corrected chi connectivity index (χ2v) is 3.77. The highest BCUT2D eigenvalue weighted by atomic mass is 16.5. The fraction of sp³-hybridized carbons (Fsp3) is 0.0667. The highest BCUT2D eigenvalue weighted by molar-refractivity contribution is 6.12. The number of ether oxygens (including phenoxy) is 1. The van der Waals surface area contributed by atoms with Crippen LogP contribution in [0.1, 0.15) is 26.3 Å². The molecule has 2 aromatic rings. The Morgan fingerprint density at radius 1 is 1.11 bits per heavy atom. The largest absolute Gasteiger partial charge is 0.497 e. The van der Waals surface area contributed by atoms with E-state index in [1.807, 2.05) is 6.07 Å². The van der Waals surface area contributed by atoms with Gasteiger partial charge in [0.15, 0.2) is 12.1 Å². The van der Waals surface area contributed by atoms with E-state index in [1.165, 1.54) is 7.11 Å². The van der Waals surface area contributed by atoms with E-state index in [9.17, 15) is 9.59 Å². The van der Waals surface area contributed by atoms with Gasteiger partial charge in [-0.25, -0.2) is 0 Å². The highest BCUT2D eigenvalue weighted by Crippen LogP contribution is 2.19. The Bertz CT molecular complexity index is 574. The molecule has 0 amide bonds. The quantitative estimate of drug-likeness (QED) is 0.609. The van der Waals surface area contributed by atoms with Crippen molar-refractivity contribution in [1.82, 2.24) is 0 Å². The van der Waals surface area contributed by atoms with Gasteiger partial charge in [-0.15, -0.1) is 0 Å². The number of carbonyl (C=O) groups is 2. The van der Waals surface area contributed by atoms with Gasteiger partial charge in [-0.2, -0.15) is 0 Å². The molecule has 0 aliphatic carbocycles. The smallest absolute Gasteiger partial charge is 0.193 e. The van der Waals surface area contributed by atoms with E-state index in [2.05, 4.69) is 0 Å². The van der Waals surface area contributed by atoms with E-state index in [0.29, 0.717) is 28.7 Å². The third kappa shape index (κ3) is 2.30. The monoisotopic (exact) mass is 240 g/mol. The molecular weight excluding hydrogens is 228 g/mol. The van der Waals surface area contributed by atoms with Crippen molar-refractivity contribution < 1.29 is 14.3 Å². The summed E-state index contributed by atoms with van der Waals surface area (Å²) in [5, 5.41) is 0. The Morgan fingerprint density at radius 2 is 1.83 bits per heavy atom. The summed E-state index contributed by atoms with van der Waals surface area (Å²) >= 11 is 0. The van der Waals surface area contributed by atoms with Gasteiger partial charge in [0, 0.05) is 16.7 Å². The van der Waals surface area contributed by atoms with Crippen molar-refractivity contribution in [1.29, 1.82) is 0 Å². The molecule has 18 heavy (non-hydrogen) atoms. The number of aldehydes is 1. The van der Waals surface area contributed by atoms with Crippen LogP contribution in [-0.2, 0) is 0 Å². The summed E-state index contributed by atoms with van der Waals surface area (Å²) in [5.41, 5.74) is 1.28. The van der Waals surface area contributed by atoms with Gasteiger partial charge in [-0.3, -0.25) is 9.59 Å². The van der Waals surface area contributed by atoms with Crippen molar-refractivity contribution in [2.75, 3.05) is 7.11 Å². The normalized spacial score (nSPS) is 9.83. The first kappa shape index (κ1) is 12.0. The van der Waals surface area contributed by atoms with Crippen LogP contribution in [0, 0.1) is 0 Å². The van der Waals surface area contributed by atoms with E-state index in [-0.39, 0.29) is 5.78 Å². The van der Waals surface area contributed by atoms with Gasteiger partial charge in [0.2, 0.25) is 0 Å². The summed E-state index contributed by atoms with van der Waals surface area (Å²) in [7, 11) is 1.52. The summed E-state index contributed by atoms with van der Waals surface area (Å²) in [6.07, 6.45) is 0.665. The van der Waals surface area contributed by atoms with Crippen LogP contribution in [0.2, 0.25) is 0 Å². The van der Waals surface area contributed by atoms with Crippen LogP contribution >= 0.6 is 0 Å². The Labute approximate surface area is 105 Å². The Balaban J connectivity index is 2.45. The number of benzene rings is 2. The molecule has 2 aromatic carbocycles. The first-order chi connectivity index (χ1) is 8.76. The topological polar surface area (TPSA) is 43.4 Å². The number of methoxy groups -OCH3 is 1. The van der Waals surface area contributed by atoms with E-state index < -0.39 is 0 Å². The average Bonchev–Trinajstić information content (AvgIpc) is 2.46. The van der Waals surface area contributed by atoms with Crippen LogP contribution in [0.25, 0.3) is 0 Å². The van der Waals surface area contributed by atoms with Crippen LogP contribution in [0.3, 0.4) is 0 Å². The van der Waals surface area contributed by atoms with Crippen molar-refractivity contribution in [3.05, 3.63) is 65.2 Å². The second kappa shape index (κ2) is 5.27. The minimum atomic E-state index is -0.166. The lowest BCUT2D eigenvalue weighted by Gasteiger charge is -2.06. The summed E-state index contributed by atoms with van der Waals surface area (Å²) in [5.74, 6) is 0.391. The predicted octanol–water partition coefficient (Wildman–Crippen LogP) is 2.74. The maximum absolute atomic E-state index is 12.2. The Morgan fingerprint density at radius 3 is 2.44 bits per heavy atom. The molecule has 0 unspecified atom stereocenters. The number of hydrogen-bond acceptors (Lipinski definition) is 3. The summed E-state index contributed by atoms with van der Waals surface area (Å²) in [4.78, 5) is 23.2. The SMILES string of the molecule is COc1ccc(C(=O)c2ccccc2)c(C=O)c1. The zero-order chi connectivity index (χ0) is 13.0. The zero-order valence-corrected chi connectivity index (χ0v) is 9.92. The number of carbonyl (C=O) groups excluding carboxylic acids is 2. The van der Waals surface area contributed by atoms with Crippen molar-refractivity contribution in [2.45, 2.75) is 0 Å². The number of ketones is 1. The minimum absolute atomic E-state index is 0.166. The van der Waals surface area contributed by atoms with Gasteiger partial charge in [0.25, 0.3) is 0 Å². The van der Waals surface area contributed by atoms with Crippen molar-refractivity contribution in [2.24, 2.45) is 0 Å². The Hall–Kier alpha value is -2.42. The third-order valence-corrected chi connectivity index (χ3v) is 2.67. The van der Waals surface area contributed by atoms with Gasteiger partial charge in [0.05, 0.1) is 7.11 Å². The molecule has 3 nitrogen and oxygen atoms in total. The lowest BCUT2D eigenvalue weighted by molar-refractivity contribution is 0.102. The van der Waals surface area contributed by atoms with E-state index in [4.69, 9.17) is 4.74 Å². The maximum Gasteiger partial charge on any atom is 0.193 e. The fourth-order valence-corrected chi connectivity index (χ4v) is 1.72. The van der Waals surface area contributed by atoms with Crippen molar-refractivity contribution in [3.8, 4) is 5.75 Å². The van der Waals surface area contributed by atoms with Crippen LogP contribution < -0.4 is 4.74 Å². The average molecular weight is 240 g/mol. The van der Waals surface area contributed by atoms with Gasteiger partial charge < -0.3 is 4.74 Å². The molecule has 0 aliphatic rings. The Kier molecular flexibility index (Phi) is 3.53. The molecule has 0 saturated heterocycles. The molecule has 0 spiro atoms. The van der Waals surface area contributed by atoms with E-state index in [0.717, 1.165) is 0 Å². The van der Waals surface area contributed by atoms with Crippen LogP contribution in [-0.4, -0.2) is 19.2 Å². The van der Waals surface area contributed by atoms with Crippen LogP contribution in [0.4, 0.5) is 0 Å². The lowest BCUT2D eigenvalue weighted by Crippen LogP contribution is -2.05. The van der Waals surface area contributed by atoms with Crippen molar-refractivity contribution in [3.63, 3.8) is 0 Å². The zero-order valence-electron chi connectivity index (χ0n) is 9.92. The summed E-state index contributed by atoms with van der Waals surface area (Å²) in [6.45, 7) is 0. The second-order valence-electron chi connectivity index (χ2n) is 3.77. The maximum atomic E-state index is 12.2. The summed E-state index contributed by atoms with van der Waals surface area (Å²) < 4.78 is 5.03. The number of hydrogen-bond donors (Lipinski definition) is 0. The standard InChI is InChI=1S/C15H12O3/c1-18-13-7-8-14(12(9-13)10-16)15(17)11-5-3-2-4-6-11/h2-10H,1H3. The first-order valence-electron chi connectivity index (χ1n) is 5.49. The molecule has 0 bridgehead atoms. The molecule has 3 heteroatoms. The van der Waals surface area contributed by atoms with Gasteiger partial charge in [-0.1, -0.05) is 30.3 Å². The molecule has 0 atom stereocenters. The molecule has 0 radical (unpaired) electrons. The minimum Gasteiger partial charge on any atom is -0.497 e. The van der Waals surface area contributed by atoms with Gasteiger partial charge in [0.1, 0.15) is 5.75 Å². The predicted molar refractivity (Wildman–Crippen MR) is 68.3 cm³/mol. The van der Waals surface area contributed by atoms with E-state index in [1.54, 1.807) is 42.5 Å². The summed E-state index contributed by atoms with van der Waals surface area (Å²) in [6, 6.07) is 13.7. The molecule has 2 rings (SSSR count). The van der Waals surface area contributed by atoms with Crippen molar-refractivity contribution >= 4 is 12.1 Å². The van der Waals surface area contributed by atoms with Gasteiger partial charge in [-0.05, 0) is 18.2 Å². The lowest BCUT2D eigenvalue weighted by atomic mass is 9.99. The fourth-order valence-electron chi connectivity index (χ4n) is 1.72.